The van der Waals surface area contributed by atoms with Crippen LogP contribution in [-0.2, 0) is 6.61 Å². The highest BCUT2D eigenvalue weighted by molar-refractivity contribution is 5.68. The average Bonchev–Trinajstić information content (AvgIpc) is 3.26. The Hall–Kier alpha value is -3.36. The van der Waals surface area contributed by atoms with Gasteiger partial charge in [-0.05, 0) is 38.3 Å². The van der Waals surface area contributed by atoms with Gasteiger partial charge in [0.2, 0.25) is 17.7 Å². The predicted octanol–water partition coefficient (Wildman–Crippen LogP) is 3.42. The number of methoxy groups -OCH3 is 2. The third-order valence-corrected chi connectivity index (χ3v) is 4.91. The molecule has 4 rings (SSSR count). The third kappa shape index (κ3) is 4.29. The first-order chi connectivity index (χ1) is 14.7. The maximum atomic E-state index is 5.83. The minimum atomic E-state index is 0.106. The molecule has 0 amide bonds. The van der Waals surface area contributed by atoms with Crippen LogP contribution in [0.3, 0.4) is 0 Å². The van der Waals surface area contributed by atoms with Crippen molar-refractivity contribution < 1.29 is 18.7 Å². The predicted molar refractivity (Wildman–Crippen MR) is 110 cm³/mol. The Morgan fingerprint density at radius 3 is 2.63 bits per heavy atom. The van der Waals surface area contributed by atoms with E-state index in [1.165, 1.54) is 6.42 Å². The van der Waals surface area contributed by atoms with Gasteiger partial charge in [-0.2, -0.15) is 9.97 Å². The Balaban J connectivity index is 1.48. The number of anilines is 1. The summed E-state index contributed by atoms with van der Waals surface area (Å²) in [4.78, 5) is 15.7. The van der Waals surface area contributed by atoms with Crippen LogP contribution in [0.2, 0.25) is 0 Å². The first-order valence-corrected chi connectivity index (χ1v) is 9.95. The highest BCUT2D eigenvalue weighted by atomic mass is 16.5. The number of aryl methyl sites for hydroxylation is 1. The number of hydrogen-bond acceptors (Lipinski definition) is 9. The van der Waals surface area contributed by atoms with E-state index in [2.05, 4.69) is 25.0 Å². The molecule has 3 heterocycles. The summed E-state index contributed by atoms with van der Waals surface area (Å²) in [5.74, 6) is 3.08. The van der Waals surface area contributed by atoms with E-state index >= 15 is 0 Å². The zero-order valence-electron chi connectivity index (χ0n) is 17.4. The van der Waals surface area contributed by atoms with Crippen LogP contribution in [0.5, 0.6) is 17.4 Å². The summed E-state index contributed by atoms with van der Waals surface area (Å²) >= 11 is 0. The molecular formula is C21H25N5O4. The molecule has 0 atom stereocenters. The molecule has 1 aromatic carbocycles. The second kappa shape index (κ2) is 8.98. The second-order valence-electron chi connectivity index (χ2n) is 7.04. The Bertz CT molecular complexity index is 1000. The molecule has 9 heteroatoms. The van der Waals surface area contributed by atoms with Crippen molar-refractivity contribution >= 4 is 5.95 Å². The lowest BCUT2D eigenvalue weighted by Crippen LogP contribution is -2.31. The van der Waals surface area contributed by atoms with Gasteiger partial charge < -0.3 is 23.6 Å². The molecule has 1 aliphatic rings. The van der Waals surface area contributed by atoms with Crippen LogP contribution in [0.15, 0.2) is 28.8 Å². The van der Waals surface area contributed by atoms with Gasteiger partial charge in [-0.1, -0.05) is 11.2 Å². The Kier molecular flexibility index (Phi) is 5.97. The van der Waals surface area contributed by atoms with Gasteiger partial charge in [-0.15, -0.1) is 0 Å². The van der Waals surface area contributed by atoms with Crippen LogP contribution in [-0.4, -0.2) is 47.4 Å². The smallest absolute Gasteiger partial charge is 0.264 e. The fourth-order valence-corrected chi connectivity index (χ4v) is 3.46. The highest BCUT2D eigenvalue weighted by Gasteiger charge is 2.18. The van der Waals surface area contributed by atoms with Gasteiger partial charge in [-0.25, -0.2) is 4.98 Å². The molecule has 0 radical (unpaired) electrons. The van der Waals surface area contributed by atoms with Crippen LogP contribution in [0.1, 0.15) is 30.8 Å². The van der Waals surface area contributed by atoms with Gasteiger partial charge in [0.15, 0.2) is 18.1 Å². The van der Waals surface area contributed by atoms with Crippen molar-refractivity contribution in [3.05, 3.63) is 35.9 Å². The van der Waals surface area contributed by atoms with Crippen molar-refractivity contribution in [1.29, 1.82) is 0 Å². The zero-order chi connectivity index (χ0) is 20.9. The van der Waals surface area contributed by atoms with E-state index in [0.29, 0.717) is 40.6 Å². The quantitative estimate of drug-likeness (QED) is 0.579. The molecule has 0 saturated carbocycles. The van der Waals surface area contributed by atoms with Gasteiger partial charge in [0.1, 0.15) is 0 Å². The highest BCUT2D eigenvalue weighted by Crippen LogP contribution is 2.36. The molecule has 0 spiro atoms. The van der Waals surface area contributed by atoms with Crippen LogP contribution in [0.25, 0.3) is 11.4 Å². The first-order valence-electron chi connectivity index (χ1n) is 9.95. The van der Waals surface area contributed by atoms with E-state index < -0.39 is 0 Å². The normalized spacial score (nSPS) is 13.9. The third-order valence-electron chi connectivity index (χ3n) is 4.91. The van der Waals surface area contributed by atoms with Gasteiger partial charge in [0, 0.05) is 24.8 Å². The fraction of sp³-hybridized carbons (Fsp3) is 0.429. The lowest BCUT2D eigenvalue weighted by atomic mass is 10.1. The summed E-state index contributed by atoms with van der Waals surface area (Å²) in [5.41, 5.74) is 1.53. The molecule has 2 aromatic heterocycles. The number of hydrogen-bond donors (Lipinski definition) is 0. The number of para-hydroxylation sites is 1. The number of benzene rings is 1. The lowest BCUT2D eigenvalue weighted by molar-refractivity contribution is 0.235. The van der Waals surface area contributed by atoms with E-state index in [-0.39, 0.29) is 6.61 Å². The number of aromatic nitrogens is 4. The van der Waals surface area contributed by atoms with Crippen LogP contribution in [0.4, 0.5) is 5.95 Å². The molecule has 0 N–H and O–H groups in total. The fourth-order valence-electron chi connectivity index (χ4n) is 3.46. The molecule has 3 aromatic rings. The topological polar surface area (TPSA) is 95.6 Å². The van der Waals surface area contributed by atoms with Gasteiger partial charge >= 0.3 is 0 Å². The van der Waals surface area contributed by atoms with Crippen molar-refractivity contribution in [3.63, 3.8) is 0 Å². The standard InChI is InChI=1S/C21H25N5O4/c1-14-12-17(24-21(22-14)26-10-5-4-6-11-26)29-13-18-23-20(25-30-18)15-8-7-9-16(27-2)19(15)28-3/h7-9,12H,4-6,10-11,13H2,1-3H3. The molecule has 1 saturated heterocycles. The molecular weight excluding hydrogens is 386 g/mol. The largest absolute Gasteiger partial charge is 0.493 e. The summed E-state index contributed by atoms with van der Waals surface area (Å²) < 4.78 is 22.0. The maximum Gasteiger partial charge on any atom is 0.264 e. The monoisotopic (exact) mass is 411 g/mol. The molecule has 0 unspecified atom stereocenters. The zero-order valence-corrected chi connectivity index (χ0v) is 17.4. The van der Waals surface area contributed by atoms with Crippen molar-refractivity contribution in [2.45, 2.75) is 32.8 Å². The minimum Gasteiger partial charge on any atom is -0.493 e. The van der Waals surface area contributed by atoms with E-state index in [1.807, 2.05) is 25.1 Å². The van der Waals surface area contributed by atoms with Gasteiger partial charge in [0.05, 0.1) is 19.8 Å². The van der Waals surface area contributed by atoms with E-state index in [0.717, 1.165) is 31.6 Å². The van der Waals surface area contributed by atoms with Crippen molar-refractivity contribution in [2.24, 2.45) is 0 Å². The average molecular weight is 411 g/mol. The SMILES string of the molecule is COc1cccc(-c2noc(COc3cc(C)nc(N4CCCCC4)n3)n2)c1OC. The Labute approximate surface area is 175 Å². The summed E-state index contributed by atoms with van der Waals surface area (Å²) in [6.45, 7) is 3.98. The molecule has 1 aliphatic heterocycles. The molecule has 0 bridgehead atoms. The van der Waals surface area contributed by atoms with E-state index in [1.54, 1.807) is 20.3 Å². The first kappa shape index (κ1) is 19.9. The number of piperidine rings is 1. The maximum absolute atomic E-state index is 5.83. The summed E-state index contributed by atoms with van der Waals surface area (Å²) in [6, 6.07) is 7.30. The van der Waals surface area contributed by atoms with Crippen LogP contribution >= 0.6 is 0 Å². The van der Waals surface area contributed by atoms with Gasteiger partial charge in [0.25, 0.3) is 5.89 Å². The number of nitrogens with zero attached hydrogens (tertiary/aromatic N) is 5. The van der Waals surface area contributed by atoms with E-state index in [4.69, 9.17) is 18.7 Å². The molecule has 9 nitrogen and oxygen atoms in total. The van der Waals surface area contributed by atoms with Crippen molar-refractivity contribution in [3.8, 4) is 28.8 Å². The minimum absolute atomic E-state index is 0.106. The second-order valence-corrected chi connectivity index (χ2v) is 7.04. The Morgan fingerprint density at radius 1 is 1.03 bits per heavy atom. The molecule has 0 aliphatic carbocycles. The summed E-state index contributed by atoms with van der Waals surface area (Å²) in [5, 5.41) is 4.05. The molecule has 158 valence electrons. The van der Waals surface area contributed by atoms with Crippen LogP contribution in [0, 0.1) is 6.92 Å². The van der Waals surface area contributed by atoms with Crippen molar-refractivity contribution in [1.82, 2.24) is 20.1 Å². The number of rotatable bonds is 7. The summed E-state index contributed by atoms with van der Waals surface area (Å²) in [7, 11) is 3.15. The molecule has 30 heavy (non-hydrogen) atoms. The van der Waals surface area contributed by atoms with Gasteiger partial charge in [-0.3, -0.25) is 0 Å². The molecule has 1 fully saturated rings. The number of ether oxygens (including phenoxy) is 3. The van der Waals surface area contributed by atoms with Crippen molar-refractivity contribution in [2.75, 3.05) is 32.2 Å². The van der Waals surface area contributed by atoms with Crippen LogP contribution < -0.4 is 19.1 Å². The summed E-state index contributed by atoms with van der Waals surface area (Å²) in [6.07, 6.45) is 3.57. The lowest BCUT2D eigenvalue weighted by Gasteiger charge is -2.26. The van der Waals surface area contributed by atoms with E-state index in [9.17, 15) is 0 Å². The Morgan fingerprint density at radius 2 is 1.87 bits per heavy atom.